The average molecular weight is 337 g/mol. The number of hydrogen-bond acceptors (Lipinski definition) is 6. The van der Waals surface area contributed by atoms with Gasteiger partial charge in [0.15, 0.2) is 5.69 Å². The van der Waals surface area contributed by atoms with Crippen LogP contribution in [0.15, 0.2) is 30.7 Å². The number of nitrogens with one attached hydrogen (secondary N) is 2. The number of aromatic nitrogens is 5. The van der Waals surface area contributed by atoms with Crippen molar-refractivity contribution >= 4 is 22.5 Å². The fraction of sp³-hybridized carbons (Fsp3) is 0.353. The van der Waals surface area contributed by atoms with E-state index in [0.29, 0.717) is 17.4 Å². The van der Waals surface area contributed by atoms with E-state index in [2.05, 4.69) is 30.9 Å². The Labute approximate surface area is 144 Å². The number of carbonyl (C=O) groups excluding carboxylic acids is 1. The molecule has 1 saturated heterocycles. The molecule has 0 bridgehead atoms. The van der Waals surface area contributed by atoms with Crippen LogP contribution >= 0.6 is 0 Å². The third-order valence-electron chi connectivity index (χ3n) is 4.59. The molecule has 1 aliphatic heterocycles. The van der Waals surface area contributed by atoms with Crippen LogP contribution < -0.4 is 10.6 Å². The summed E-state index contributed by atoms with van der Waals surface area (Å²) in [6, 6.07) is 3.86. The Bertz CT molecular complexity index is 909. The van der Waals surface area contributed by atoms with Crippen molar-refractivity contribution in [3.8, 4) is 0 Å². The summed E-state index contributed by atoms with van der Waals surface area (Å²) in [5, 5.41) is 15.4. The molecule has 0 aromatic carbocycles. The van der Waals surface area contributed by atoms with Crippen LogP contribution in [0.1, 0.15) is 35.1 Å². The van der Waals surface area contributed by atoms with Crippen LogP contribution in [0, 0.1) is 6.92 Å². The molecule has 0 atom stereocenters. The molecule has 0 aliphatic carbocycles. The fourth-order valence-electron chi connectivity index (χ4n) is 3.23. The molecule has 3 aromatic rings. The summed E-state index contributed by atoms with van der Waals surface area (Å²) in [4.78, 5) is 21.1. The van der Waals surface area contributed by atoms with Crippen LogP contribution in [0.5, 0.6) is 0 Å². The molecule has 0 radical (unpaired) electrons. The van der Waals surface area contributed by atoms with Crippen molar-refractivity contribution < 1.29 is 4.79 Å². The van der Waals surface area contributed by atoms with E-state index >= 15 is 0 Å². The molecule has 8 nitrogen and oxygen atoms in total. The summed E-state index contributed by atoms with van der Waals surface area (Å²) >= 11 is 0. The van der Waals surface area contributed by atoms with Gasteiger partial charge in [-0.2, -0.15) is 0 Å². The Hall–Kier alpha value is -2.87. The van der Waals surface area contributed by atoms with Crippen LogP contribution in [-0.2, 0) is 0 Å². The first kappa shape index (κ1) is 15.6. The Morgan fingerprint density at radius 2 is 2.12 bits per heavy atom. The number of amides is 1. The van der Waals surface area contributed by atoms with Crippen molar-refractivity contribution in [2.24, 2.45) is 0 Å². The zero-order valence-electron chi connectivity index (χ0n) is 13.9. The number of piperidine rings is 1. The number of fused-ring (bicyclic) bond motifs is 1. The second-order valence-electron chi connectivity index (χ2n) is 6.15. The summed E-state index contributed by atoms with van der Waals surface area (Å²) in [5.74, 6) is -0.269. The molecule has 1 amide bonds. The minimum absolute atomic E-state index is 0.269. The molecule has 2 N–H and O–H groups in total. The zero-order valence-corrected chi connectivity index (χ0v) is 13.9. The number of nitrogens with zero attached hydrogens (tertiary/aromatic N) is 5. The van der Waals surface area contributed by atoms with Crippen LogP contribution in [0.3, 0.4) is 0 Å². The maximum absolute atomic E-state index is 12.7. The van der Waals surface area contributed by atoms with Crippen LogP contribution in [-0.4, -0.2) is 44.0 Å². The van der Waals surface area contributed by atoms with Gasteiger partial charge in [0.1, 0.15) is 0 Å². The predicted octanol–water partition coefficient (Wildman–Crippen LogP) is 1.71. The third kappa shape index (κ3) is 2.96. The highest BCUT2D eigenvalue weighted by Gasteiger charge is 2.23. The van der Waals surface area contributed by atoms with Gasteiger partial charge in [-0.25, -0.2) is 4.68 Å². The molecule has 1 fully saturated rings. The Balaban J connectivity index is 1.60. The lowest BCUT2D eigenvalue weighted by Crippen LogP contribution is -2.30. The monoisotopic (exact) mass is 337 g/mol. The van der Waals surface area contributed by atoms with Gasteiger partial charge >= 0.3 is 0 Å². The summed E-state index contributed by atoms with van der Waals surface area (Å²) < 4.78 is 1.88. The molecule has 8 heteroatoms. The van der Waals surface area contributed by atoms with Crippen LogP contribution in [0.2, 0.25) is 0 Å². The van der Waals surface area contributed by atoms with Gasteiger partial charge in [0.25, 0.3) is 5.91 Å². The highest BCUT2D eigenvalue weighted by molar-refractivity contribution is 6.07. The van der Waals surface area contributed by atoms with Crippen molar-refractivity contribution in [1.29, 1.82) is 0 Å². The van der Waals surface area contributed by atoms with Crippen LogP contribution in [0.4, 0.5) is 5.69 Å². The standard InChI is InChI=1S/C17H19N7O/c1-11-16(22-23-24(11)12-2-6-18-7-3-12)17(25)21-15-5-9-20-14-4-8-19-10-13(14)15/h4-5,8-10,12,18H,2-3,6-7H2,1H3,(H,20,21,25). The molecule has 4 rings (SSSR count). The van der Waals surface area contributed by atoms with Crippen LogP contribution in [0.25, 0.3) is 10.9 Å². The number of anilines is 1. The molecule has 128 valence electrons. The van der Waals surface area contributed by atoms with E-state index in [9.17, 15) is 4.79 Å². The first-order chi connectivity index (χ1) is 12.2. The summed E-state index contributed by atoms with van der Waals surface area (Å²) in [6.07, 6.45) is 7.01. The highest BCUT2D eigenvalue weighted by Crippen LogP contribution is 2.23. The van der Waals surface area contributed by atoms with Crippen molar-refractivity contribution in [2.45, 2.75) is 25.8 Å². The molecule has 4 heterocycles. The topological polar surface area (TPSA) is 97.6 Å². The van der Waals surface area contributed by atoms with E-state index in [1.54, 1.807) is 24.7 Å². The van der Waals surface area contributed by atoms with E-state index in [1.807, 2.05) is 17.7 Å². The van der Waals surface area contributed by atoms with E-state index < -0.39 is 0 Å². The van der Waals surface area contributed by atoms with Gasteiger partial charge in [-0.3, -0.25) is 14.8 Å². The minimum atomic E-state index is -0.269. The van der Waals surface area contributed by atoms with Gasteiger partial charge in [-0.15, -0.1) is 5.10 Å². The molecule has 0 spiro atoms. The second-order valence-corrected chi connectivity index (χ2v) is 6.15. The van der Waals surface area contributed by atoms with Crippen molar-refractivity contribution in [3.05, 3.63) is 42.1 Å². The normalized spacial score (nSPS) is 15.4. The van der Waals surface area contributed by atoms with Crippen molar-refractivity contribution in [3.63, 3.8) is 0 Å². The summed E-state index contributed by atoms with van der Waals surface area (Å²) in [7, 11) is 0. The van der Waals surface area contributed by atoms with E-state index in [-0.39, 0.29) is 5.91 Å². The summed E-state index contributed by atoms with van der Waals surface area (Å²) in [6.45, 7) is 3.81. The Morgan fingerprint density at radius 3 is 2.96 bits per heavy atom. The number of hydrogen-bond donors (Lipinski definition) is 2. The average Bonchev–Trinajstić information content (AvgIpc) is 3.04. The first-order valence-corrected chi connectivity index (χ1v) is 8.36. The number of pyridine rings is 2. The van der Waals surface area contributed by atoms with Crippen molar-refractivity contribution in [2.75, 3.05) is 18.4 Å². The third-order valence-corrected chi connectivity index (χ3v) is 4.59. The van der Waals surface area contributed by atoms with Gasteiger partial charge < -0.3 is 10.6 Å². The van der Waals surface area contributed by atoms with Gasteiger partial charge in [-0.05, 0) is 45.0 Å². The van der Waals surface area contributed by atoms with E-state index in [1.165, 1.54) is 0 Å². The lowest BCUT2D eigenvalue weighted by molar-refractivity contribution is 0.102. The quantitative estimate of drug-likeness (QED) is 0.755. The lowest BCUT2D eigenvalue weighted by atomic mass is 10.1. The summed E-state index contributed by atoms with van der Waals surface area (Å²) in [5.41, 5.74) is 2.59. The Kier molecular flexibility index (Phi) is 4.10. The maximum atomic E-state index is 12.7. The smallest absolute Gasteiger partial charge is 0.278 e. The van der Waals surface area contributed by atoms with Gasteiger partial charge in [0.2, 0.25) is 0 Å². The Morgan fingerprint density at radius 1 is 1.28 bits per heavy atom. The molecular weight excluding hydrogens is 318 g/mol. The SMILES string of the molecule is Cc1c(C(=O)Nc2ccnc3ccncc23)nnn1C1CCNCC1. The van der Waals surface area contributed by atoms with E-state index in [0.717, 1.165) is 42.5 Å². The van der Waals surface area contributed by atoms with Gasteiger partial charge in [0, 0.05) is 24.0 Å². The van der Waals surface area contributed by atoms with Gasteiger partial charge in [0.05, 0.1) is 22.9 Å². The molecule has 0 unspecified atom stereocenters. The number of carbonyl (C=O) groups is 1. The van der Waals surface area contributed by atoms with E-state index in [4.69, 9.17) is 0 Å². The molecule has 3 aromatic heterocycles. The maximum Gasteiger partial charge on any atom is 0.278 e. The fourth-order valence-corrected chi connectivity index (χ4v) is 3.23. The minimum Gasteiger partial charge on any atom is -0.320 e. The molecule has 25 heavy (non-hydrogen) atoms. The molecule has 0 saturated carbocycles. The largest absolute Gasteiger partial charge is 0.320 e. The lowest BCUT2D eigenvalue weighted by Gasteiger charge is -2.23. The van der Waals surface area contributed by atoms with Crippen molar-refractivity contribution in [1.82, 2.24) is 30.3 Å². The number of rotatable bonds is 3. The first-order valence-electron chi connectivity index (χ1n) is 8.36. The van der Waals surface area contributed by atoms with Gasteiger partial charge in [-0.1, -0.05) is 5.21 Å². The molecular formula is C17H19N7O. The molecule has 1 aliphatic rings. The zero-order chi connectivity index (χ0) is 17.2. The second kappa shape index (κ2) is 6.56. The highest BCUT2D eigenvalue weighted by atomic mass is 16.2. The predicted molar refractivity (Wildman–Crippen MR) is 93.4 cm³/mol.